The van der Waals surface area contributed by atoms with Crippen LogP contribution < -0.4 is 4.74 Å². The number of ether oxygens (including phenoxy) is 1. The monoisotopic (exact) mass is 203 g/mol. The molecule has 0 radical (unpaired) electrons. The highest BCUT2D eigenvalue weighted by Gasteiger charge is 2.04. The average Bonchev–Trinajstić information content (AvgIpc) is 2.26. The predicted molar refractivity (Wildman–Crippen MR) is 59.2 cm³/mol. The first-order valence-corrected chi connectivity index (χ1v) is 5.02. The largest absolute Gasteiger partial charge is 0.504 e. The maximum Gasteiger partial charge on any atom is 0.163 e. The van der Waals surface area contributed by atoms with Crippen molar-refractivity contribution in [3.05, 3.63) is 30.5 Å². The van der Waals surface area contributed by atoms with Crippen molar-refractivity contribution in [2.45, 2.75) is 13.3 Å². The van der Waals surface area contributed by atoms with E-state index in [-0.39, 0.29) is 5.75 Å². The van der Waals surface area contributed by atoms with Gasteiger partial charge in [0.05, 0.1) is 12.1 Å². The van der Waals surface area contributed by atoms with Crippen LogP contribution in [-0.2, 0) is 0 Å². The van der Waals surface area contributed by atoms with Crippen LogP contribution in [0.25, 0.3) is 10.9 Å². The second-order valence-electron chi connectivity index (χ2n) is 3.36. The van der Waals surface area contributed by atoms with E-state index in [4.69, 9.17) is 4.74 Å². The summed E-state index contributed by atoms with van der Waals surface area (Å²) in [6.07, 6.45) is 2.64. The Morgan fingerprint density at radius 1 is 1.40 bits per heavy atom. The Morgan fingerprint density at radius 3 is 3.07 bits per heavy atom. The van der Waals surface area contributed by atoms with Gasteiger partial charge in [0, 0.05) is 17.6 Å². The maximum atomic E-state index is 9.68. The quantitative estimate of drug-likeness (QED) is 0.834. The fourth-order valence-electron chi connectivity index (χ4n) is 1.42. The molecule has 0 fully saturated rings. The Morgan fingerprint density at radius 2 is 2.27 bits per heavy atom. The van der Waals surface area contributed by atoms with Crippen LogP contribution in [-0.4, -0.2) is 16.7 Å². The number of rotatable bonds is 3. The molecule has 0 atom stereocenters. The lowest BCUT2D eigenvalue weighted by Crippen LogP contribution is -1.95. The number of hydrogen-bond acceptors (Lipinski definition) is 3. The number of pyridine rings is 1. The van der Waals surface area contributed by atoms with Crippen LogP contribution in [0.2, 0.25) is 0 Å². The van der Waals surface area contributed by atoms with Crippen molar-refractivity contribution in [2.24, 2.45) is 0 Å². The molecule has 1 N–H and O–H groups in total. The minimum atomic E-state index is 0.170. The SMILES string of the molecule is CCCOc1cc2ncccc2cc1O. The molecular formula is C12H13NO2. The maximum absolute atomic E-state index is 9.68. The summed E-state index contributed by atoms with van der Waals surface area (Å²) in [6.45, 7) is 2.63. The lowest BCUT2D eigenvalue weighted by atomic mass is 10.2. The minimum Gasteiger partial charge on any atom is -0.504 e. The minimum absolute atomic E-state index is 0.170. The van der Waals surface area contributed by atoms with Crippen molar-refractivity contribution >= 4 is 10.9 Å². The van der Waals surface area contributed by atoms with Gasteiger partial charge in [-0.2, -0.15) is 0 Å². The van der Waals surface area contributed by atoms with Crippen molar-refractivity contribution in [2.75, 3.05) is 6.61 Å². The molecule has 0 saturated carbocycles. The molecule has 0 aliphatic heterocycles. The Bertz CT molecular complexity index is 468. The van der Waals surface area contributed by atoms with Gasteiger partial charge in [0.1, 0.15) is 0 Å². The van der Waals surface area contributed by atoms with E-state index in [1.165, 1.54) is 0 Å². The number of phenols is 1. The second-order valence-corrected chi connectivity index (χ2v) is 3.36. The third kappa shape index (κ3) is 2.01. The number of aromatic hydroxyl groups is 1. The summed E-state index contributed by atoms with van der Waals surface area (Å²) < 4.78 is 5.40. The van der Waals surface area contributed by atoms with Crippen molar-refractivity contribution in [1.82, 2.24) is 4.98 Å². The van der Waals surface area contributed by atoms with Gasteiger partial charge in [-0.15, -0.1) is 0 Å². The van der Waals surface area contributed by atoms with Crippen molar-refractivity contribution < 1.29 is 9.84 Å². The zero-order chi connectivity index (χ0) is 10.7. The summed E-state index contributed by atoms with van der Waals surface area (Å²) in [5, 5.41) is 10.6. The van der Waals surface area contributed by atoms with Gasteiger partial charge in [0.15, 0.2) is 11.5 Å². The van der Waals surface area contributed by atoms with E-state index in [0.717, 1.165) is 17.3 Å². The van der Waals surface area contributed by atoms with E-state index in [1.807, 2.05) is 19.1 Å². The lowest BCUT2D eigenvalue weighted by Gasteiger charge is -2.07. The Balaban J connectivity index is 2.43. The number of phenolic OH excluding ortho intramolecular Hbond substituents is 1. The molecule has 78 valence electrons. The normalized spacial score (nSPS) is 10.5. The fraction of sp³-hybridized carbons (Fsp3) is 0.250. The van der Waals surface area contributed by atoms with Gasteiger partial charge >= 0.3 is 0 Å². The van der Waals surface area contributed by atoms with E-state index in [2.05, 4.69) is 4.98 Å². The van der Waals surface area contributed by atoms with Gasteiger partial charge in [-0.25, -0.2) is 0 Å². The molecule has 1 aromatic heterocycles. The average molecular weight is 203 g/mol. The number of aromatic nitrogens is 1. The second kappa shape index (κ2) is 4.17. The summed E-state index contributed by atoms with van der Waals surface area (Å²) in [7, 11) is 0. The van der Waals surface area contributed by atoms with Crippen LogP contribution in [0.4, 0.5) is 0 Å². The smallest absolute Gasteiger partial charge is 0.163 e. The zero-order valence-electron chi connectivity index (χ0n) is 8.60. The van der Waals surface area contributed by atoms with Crippen LogP contribution in [0.3, 0.4) is 0 Å². The first-order chi connectivity index (χ1) is 7.31. The van der Waals surface area contributed by atoms with E-state index in [0.29, 0.717) is 12.4 Å². The summed E-state index contributed by atoms with van der Waals surface area (Å²) >= 11 is 0. The number of nitrogens with zero attached hydrogens (tertiary/aromatic N) is 1. The summed E-state index contributed by atoms with van der Waals surface area (Å²) in [6, 6.07) is 7.19. The highest BCUT2D eigenvalue weighted by Crippen LogP contribution is 2.30. The van der Waals surface area contributed by atoms with Crippen molar-refractivity contribution in [3.8, 4) is 11.5 Å². The Hall–Kier alpha value is -1.77. The molecule has 2 aromatic rings. The van der Waals surface area contributed by atoms with E-state index in [9.17, 15) is 5.11 Å². The molecule has 0 unspecified atom stereocenters. The van der Waals surface area contributed by atoms with Gasteiger partial charge in [-0.1, -0.05) is 13.0 Å². The van der Waals surface area contributed by atoms with Crippen molar-refractivity contribution in [3.63, 3.8) is 0 Å². The molecule has 0 amide bonds. The molecule has 1 heterocycles. The first kappa shape index (κ1) is 9.77. The lowest BCUT2D eigenvalue weighted by molar-refractivity contribution is 0.300. The van der Waals surface area contributed by atoms with Crippen LogP contribution in [0, 0.1) is 0 Å². The topological polar surface area (TPSA) is 42.4 Å². The molecule has 0 bridgehead atoms. The fourth-order valence-corrected chi connectivity index (χ4v) is 1.42. The molecule has 0 spiro atoms. The molecule has 0 saturated heterocycles. The number of benzene rings is 1. The molecule has 2 rings (SSSR count). The molecule has 3 heteroatoms. The standard InChI is InChI=1S/C12H13NO2/c1-2-6-15-12-8-10-9(7-11(12)14)4-3-5-13-10/h3-5,7-8,14H,2,6H2,1H3. The van der Waals surface area contributed by atoms with Crippen LogP contribution in [0.1, 0.15) is 13.3 Å². The summed E-state index contributed by atoms with van der Waals surface area (Å²) in [4.78, 5) is 4.20. The van der Waals surface area contributed by atoms with E-state index >= 15 is 0 Å². The van der Waals surface area contributed by atoms with Gasteiger partial charge in [-0.3, -0.25) is 4.98 Å². The Kier molecular flexibility index (Phi) is 2.72. The van der Waals surface area contributed by atoms with Gasteiger partial charge < -0.3 is 9.84 Å². The number of hydrogen-bond donors (Lipinski definition) is 1. The molecular weight excluding hydrogens is 190 g/mol. The van der Waals surface area contributed by atoms with Gasteiger partial charge in [-0.05, 0) is 18.6 Å². The van der Waals surface area contributed by atoms with Gasteiger partial charge in [0.2, 0.25) is 0 Å². The van der Waals surface area contributed by atoms with Crippen LogP contribution in [0.15, 0.2) is 30.5 Å². The molecule has 0 aliphatic carbocycles. The third-order valence-corrected chi connectivity index (χ3v) is 2.15. The van der Waals surface area contributed by atoms with Crippen molar-refractivity contribution in [1.29, 1.82) is 0 Å². The zero-order valence-corrected chi connectivity index (χ0v) is 8.60. The first-order valence-electron chi connectivity index (χ1n) is 5.02. The van der Waals surface area contributed by atoms with Crippen LogP contribution >= 0.6 is 0 Å². The predicted octanol–water partition coefficient (Wildman–Crippen LogP) is 2.73. The molecule has 15 heavy (non-hydrogen) atoms. The molecule has 3 nitrogen and oxygen atoms in total. The summed E-state index contributed by atoms with van der Waals surface area (Å²) in [5.74, 6) is 0.673. The highest BCUT2D eigenvalue weighted by atomic mass is 16.5. The highest BCUT2D eigenvalue weighted by molar-refractivity contribution is 5.82. The Labute approximate surface area is 88.3 Å². The van der Waals surface area contributed by atoms with Crippen LogP contribution in [0.5, 0.6) is 11.5 Å². The van der Waals surface area contributed by atoms with Gasteiger partial charge in [0.25, 0.3) is 0 Å². The van der Waals surface area contributed by atoms with E-state index in [1.54, 1.807) is 18.3 Å². The molecule has 1 aromatic carbocycles. The molecule has 0 aliphatic rings. The third-order valence-electron chi connectivity index (χ3n) is 2.15. The summed E-state index contributed by atoms with van der Waals surface area (Å²) in [5.41, 5.74) is 0.835. The number of fused-ring (bicyclic) bond motifs is 1. The van der Waals surface area contributed by atoms with E-state index < -0.39 is 0 Å².